The third-order valence-corrected chi connectivity index (χ3v) is 6.36. The van der Waals surface area contributed by atoms with Crippen LogP contribution in [0.4, 0.5) is 0 Å². The summed E-state index contributed by atoms with van der Waals surface area (Å²) in [7, 11) is 0. The van der Waals surface area contributed by atoms with E-state index in [1.54, 1.807) is 0 Å². The fraction of sp³-hybridized carbons (Fsp3) is 0.667. The Balaban J connectivity index is 2.04. The smallest absolute Gasteiger partial charge is 0.110 e. The lowest BCUT2D eigenvalue weighted by Gasteiger charge is -2.35. The molecule has 19 heavy (non-hydrogen) atoms. The Morgan fingerprint density at radius 3 is 3.00 bits per heavy atom. The van der Waals surface area contributed by atoms with Crippen molar-refractivity contribution in [3.63, 3.8) is 0 Å². The molecule has 3 atom stereocenters. The number of aromatic nitrogens is 1. The summed E-state index contributed by atoms with van der Waals surface area (Å²) in [6.07, 6.45) is 8.46. The highest BCUT2D eigenvalue weighted by Crippen LogP contribution is 2.41. The molecule has 2 N–H and O–H groups in total. The van der Waals surface area contributed by atoms with Crippen LogP contribution in [-0.4, -0.2) is 16.8 Å². The Kier molecular flexibility index (Phi) is 6.17. The molecule has 0 radical (unpaired) electrons. The van der Waals surface area contributed by atoms with Crippen molar-refractivity contribution in [2.45, 2.75) is 49.3 Å². The van der Waals surface area contributed by atoms with Gasteiger partial charge in [-0.1, -0.05) is 26.2 Å². The van der Waals surface area contributed by atoms with Gasteiger partial charge in [0.15, 0.2) is 0 Å². The quantitative estimate of drug-likeness (QED) is 0.857. The van der Waals surface area contributed by atoms with E-state index in [1.165, 1.54) is 32.1 Å². The summed E-state index contributed by atoms with van der Waals surface area (Å²) in [6, 6.07) is 4.04. The number of rotatable bonds is 5. The summed E-state index contributed by atoms with van der Waals surface area (Å²) in [6.45, 7) is 3.09. The Morgan fingerprint density at radius 2 is 2.32 bits per heavy atom. The van der Waals surface area contributed by atoms with Crippen LogP contribution in [0.5, 0.6) is 0 Å². The maximum atomic E-state index is 5.96. The van der Waals surface area contributed by atoms with Crippen molar-refractivity contribution in [1.29, 1.82) is 0 Å². The van der Waals surface area contributed by atoms with Crippen LogP contribution in [0.15, 0.2) is 27.8 Å². The van der Waals surface area contributed by atoms with Gasteiger partial charge in [0.1, 0.15) is 5.03 Å². The molecule has 0 aromatic carbocycles. The first-order valence-electron chi connectivity index (χ1n) is 7.21. The first-order chi connectivity index (χ1) is 9.24. The van der Waals surface area contributed by atoms with E-state index >= 15 is 0 Å². The maximum Gasteiger partial charge on any atom is 0.110 e. The fourth-order valence-electron chi connectivity index (χ4n) is 2.96. The van der Waals surface area contributed by atoms with E-state index in [2.05, 4.69) is 33.9 Å². The zero-order valence-corrected chi connectivity index (χ0v) is 13.9. The zero-order valence-electron chi connectivity index (χ0n) is 11.5. The lowest BCUT2D eigenvalue weighted by molar-refractivity contribution is 0.276. The summed E-state index contributed by atoms with van der Waals surface area (Å²) in [5.41, 5.74) is 5.96. The van der Waals surface area contributed by atoms with Gasteiger partial charge in [0.2, 0.25) is 0 Å². The minimum Gasteiger partial charge on any atom is -0.330 e. The number of nitrogens with zero attached hydrogens (tertiary/aromatic N) is 1. The summed E-state index contributed by atoms with van der Waals surface area (Å²) in [5, 5.41) is 1.74. The third-order valence-electron chi connectivity index (χ3n) is 4.02. The van der Waals surface area contributed by atoms with Crippen LogP contribution in [0.3, 0.4) is 0 Å². The highest BCUT2D eigenvalue weighted by Gasteiger charge is 2.30. The minimum absolute atomic E-state index is 0.626. The molecule has 1 heterocycles. The van der Waals surface area contributed by atoms with Crippen LogP contribution in [-0.2, 0) is 0 Å². The first-order valence-corrected chi connectivity index (χ1v) is 8.89. The lowest BCUT2D eigenvalue weighted by Crippen LogP contribution is -2.32. The molecule has 4 heteroatoms. The molecule has 0 spiro atoms. The van der Waals surface area contributed by atoms with E-state index in [-0.39, 0.29) is 0 Å². The van der Waals surface area contributed by atoms with E-state index in [1.807, 2.05) is 24.0 Å². The number of hydrogen-bond donors (Lipinski definition) is 1. The van der Waals surface area contributed by atoms with Crippen LogP contribution < -0.4 is 5.73 Å². The number of pyridine rings is 1. The van der Waals surface area contributed by atoms with Gasteiger partial charge in [-0.3, -0.25) is 0 Å². The van der Waals surface area contributed by atoms with Gasteiger partial charge in [0.05, 0.1) is 0 Å². The highest BCUT2D eigenvalue weighted by atomic mass is 79.9. The topological polar surface area (TPSA) is 38.9 Å². The summed E-state index contributed by atoms with van der Waals surface area (Å²) < 4.78 is 1.10. The molecule has 0 amide bonds. The van der Waals surface area contributed by atoms with Gasteiger partial charge in [0.25, 0.3) is 0 Å². The zero-order chi connectivity index (χ0) is 13.7. The van der Waals surface area contributed by atoms with Gasteiger partial charge in [-0.15, -0.1) is 11.8 Å². The second-order valence-corrected chi connectivity index (χ2v) is 7.49. The molecule has 1 aromatic rings. The normalized spacial score (nSPS) is 27.4. The molecular formula is C15H23BrN2S. The predicted octanol–water partition coefficient (Wildman–Crippen LogP) is 4.48. The van der Waals surface area contributed by atoms with Crippen molar-refractivity contribution in [2.24, 2.45) is 17.6 Å². The molecule has 1 aliphatic carbocycles. The van der Waals surface area contributed by atoms with Crippen molar-refractivity contribution < 1.29 is 0 Å². The number of halogens is 1. The Hall–Kier alpha value is -0.0600. The molecule has 0 aliphatic heterocycles. The molecule has 1 saturated carbocycles. The molecule has 0 bridgehead atoms. The Bertz CT molecular complexity index is 399. The van der Waals surface area contributed by atoms with Crippen molar-refractivity contribution in [3.8, 4) is 0 Å². The summed E-state index contributed by atoms with van der Waals surface area (Å²) in [4.78, 5) is 4.49. The van der Waals surface area contributed by atoms with Crippen LogP contribution in [0.1, 0.15) is 39.0 Å². The number of nitrogens with two attached hydrogens (primary N) is 1. The first kappa shape index (κ1) is 15.3. The van der Waals surface area contributed by atoms with Crippen LogP contribution in [0.2, 0.25) is 0 Å². The molecule has 1 fully saturated rings. The molecule has 0 saturated heterocycles. The Morgan fingerprint density at radius 1 is 1.47 bits per heavy atom. The average molecular weight is 343 g/mol. The van der Waals surface area contributed by atoms with Gasteiger partial charge in [0, 0.05) is 15.9 Å². The predicted molar refractivity (Wildman–Crippen MR) is 86.4 cm³/mol. The van der Waals surface area contributed by atoms with Crippen molar-refractivity contribution in [2.75, 3.05) is 6.54 Å². The maximum absolute atomic E-state index is 5.96. The van der Waals surface area contributed by atoms with Gasteiger partial charge < -0.3 is 5.73 Å². The van der Waals surface area contributed by atoms with Crippen LogP contribution >= 0.6 is 27.7 Å². The van der Waals surface area contributed by atoms with Crippen molar-refractivity contribution >= 4 is 27.7 Å². The second kappa shape index (κ2) is 7.65. The van der Waals surface area contributed by atoms with E-state index in [4.69, 9.17) is 5.73 Å². The molecule has 2 rings (SSSR count). The largest absolute Gasteiger partial charge is 0.330 e. The standard InChI is InChI=1S/C15H23BrN2S/c1-2-4-11-6-7-12(10-17)14(9-11)19-15-13(16)5-3-8-18-15/h3,5,8,11-12,14H,2,4,6-7,9-10,17H2,1H3. The molecule has 3 unspecified atom stereocenters. The van der Waals surface area contributed by atoms with E-state index in [0.29, 0.717) is 11.2 Å². The van der Waals surface area contributed by atoms with E-state index in [9.17, 15) is 0 Å². The summed E-state index contributed by atoms with van der Waals surface area (Å²) in [5.74, 6) is 1.53. The van der Waals surface area contributed by atoms with Crippen LogP contribution in [0.25, 0.3) is 0 Å². The average Bonchev–Trinajstić information content (AvgIpc) is 2.42. The Labute approximate surface area is 129 Å². The molecule has 1 aromatic heterocycles. The SMILES string of the molecule is CCCC1CCC(CN)C(Sc2ncccc2Br)C1. The van der Waals surface area contributed by atoms with Gasteiger partial charge in [-0.2, -0.15) is 0 Å². The highest BCUT2D eigenvalue weighted by molar-refractivity contribution is 9.10. The minimum atomic E-state index is 0.626. The summed E-state index contributed by atoms with van der Waals surface area (Å²) >= 11 is 5.51. The van der Waals surface area contributed by atoms with Crippen LogP contribution in [0, 0.1) is 11.8 Å². The third kappa shape index (κ3) is 4.20. The lowest BCUT2D eigenvalue weighted by atomic mass is 9.80. The van der Waals surface area contributed by atoms with E-state index in [0.717, 1.165) is 22.0 Å². The number of thioether (sulfide) groups is 1. The van der Waals surface area contributed by atoms with Gasteiger partial charge >= 0.3 is 0 Å². The van der Waals surface area contributed by atoms with Crippen molar-refractivity contribution in [3.05, 3.63) is 22.8 Å². The molecule has 2 nitrogen and oxygen atoms in total. The second-order valence-electron chi connectivity index (χ2n) is 5.41. The molecular weight excluding hydrogens is 320 g/mol. The number of hydrogen-bond acceptors (Lipinski definition) is 3. The van der Waals surface area contributed by atoms with Gasteiger partial charge in [-0.25, -0.2) is 4.98 Å². The monoisotopic (exact) mass is 342 g/mol. The molecule has 1 aliphatic rings. The fourth-order valence-corrected chi connectivity index (χ4v) is 4.89. The molecule has 106 valence electrons. The van der Waals surface area contributed by atoms with Crippen molar-refractivity contribution in [1.82, 2.24) is 4.98 Å². The van der Waals surface area contributed by atoms with Gasteiger partial charge in [-0.05, 0) is 59.3 Å². The van der Waals surface area contributed by atoms with E-state index < -0.39 is 0 Å².